The van der Waals surface area contributed by atoms with Crippen molar-refractivity contribution in [2.24, 2.45) is 5.73 Å². The lowest BCUT2D eigenvalue weighted by molar-refractivity contribution is 0.0777. The summed E-state index contributed by atoms with van der Waals surface area (Å²) in [5.41, 5.74) is 5.38. The number of carbonyl (C=O) groups is 2. The average molecular weight is 492 g/mol. The van der Waals surface area contributed by atoms with E-state index in [2.05, 4.69) is 4.98 Å². The number of halogens is 2. The van der Waals surface area contributed by atoms with Crippen LogP contribution in [-0.2, 0) is 16.4 Å². The van der Waals surface area contributed by atoms with Gasteiger partial charge in [-0.3, -0.25) is 9.59 Å². The number of hydrogen-bond acceptors (Lipinski definition) is 4. The van der Waals surface area contributed by atoms with Crippen LogP contribution in [0.3, 0.4) is 0 Å². The van der Waals surface area contributed by atoms with Gasteiger partial charge >= 0.3 is 0 Å². The number of aromatic nitrogens is 1. The molecule has 0 aliphatic heterocycles. The fraction of sp³-hybridized carbons (Fsp3) is 0.217. The molecule has 7 nitrogen and oxygen atoms in total. The molecule has 0 saturated carbocycles. The number of nitrogens with one attached hydrogen (secondary N) is 1. The third-order valence-corrected chi connectivity index (χ3v) is 7.21. The molecule has 1 heterocycles. The molecule has 10 heteroatoms. The number of primary amides is 1. The second-order valence-electron chi connectivity index (χ2n) is 7.85. The summed E-state index contributed by atoms with van der Waals surface area (Å²) in [4.78, 5) is 29.0. The van der Waals surface area contributed by atoms with Gasteiger partial charge in [0.25, 0.3) is 11.8 Å². The van der Waals surface area contributed by atoms with Crippen LogP contribution in [0.2, 0.25) is 5.02 Å². The first-order valence-electron chi connectivity index (χ1n) is 10.00. The van der Waals surface area contributed by atoms with Crippen LogP contribution in [-0.4, -0.2) is 37.2 Å². The monoisotopic (exact) mass is 491 g/mol. The van der Waals surface area contributed by atoms with E-state index >= 15 is 0 Å². The highest BCUT2D eigenvalue weighted by Crippen LogP contribution is 2.35. The maximum atomic E-state index is 14.2. The van der Waals surface area contributed by atoms with Crippen molar-refractivity contribution in [3.63, 3.8) is 0 Å². The number of aromatic amines is 1. The van der Waals surface area contributed by atoms with Crippen LogP contribution in [0.5, 0.6) is 0 Å². The average Bonchev–Trinajstić information content (AvgIpc) is 3.18. The molecule has 0 atom stereocenters. The Morgan fingerprint density at radius 2 is 1.76 bits per heavy atom. The summed E-state index contributed by atoms with van der Waals surface area (Å²) in [6.07, 6.45) is 0. The van der Waals surface area contributed by atoms with Crippen molar-refractivity contribution < 1.29 is 22.4 Å². The summed E-state index contributed by atoms with van der Waals surface area (Å²) in [7, 11) is -2.74. The molecule has 0 saturated heterocycles. The highest BCUT2D eigenvalue weighted by atomic mass is 35.5. The van der Waals surface area contributed by atoms with E-state index in [1.54, 1.807) is 32.0 Å². The van der Waals surface area contributed by atoms with Crippen LogP contribution < -0.4 is 5.73 Å². The Balaban J connectivity index is 2.14. The standard InChI is InChI=1S/C23H23ClFN3O4S/c1-13(2)18-19(23(30)28(3)12-14-9-10-15(24)11-17(14)25)27-20(22(26)29)21(18)33(31,32)16-7-5-4-6-8-16/h4-11,13,27H,12H2,1-3H3,(H2,26,29). The van der Waals surface area contributed by atoms with E-state index < -0.39 is 33.4 Å². The van der Waals surface area contributed by atoms with E-state index in [-0.39, 0.29) is 43.9 Å². The molecule has 2 amide bonds. The summed E-state index contributed by atoms with van der Waals surface area (Å²) in [5.74, 6) is -2.67. The van der Waals surface area contributed by atoms with Gasteiger partial charge in [-0.15, -0.1) is 0 Å². The van der Waals surface area contributed by atoms with Gasteiger partial charge in [0.15, 0.2) is 0 Å². The Kier molecular flexibility index (Phi) is 6.94. The molecule has 33 heavy (non-hydrogen) atoms. The van der Waals surface area contributed by atoms with Crippen LogP contribution in [0.1, 0.15) is 51.9 Å². The maximum absolute atomic E-state index is 14.2. The van der Waals surface area contributed by atoms with Crippen LogP contribution in [0.25, 0.3) is 0 Å². The Hall–Kier alpha value is -3.17. The number of benzene rings is 2. The first-order valence-corrected chi connectivity index (χ1v) is 11.9. The number of hydrogen-bond donors (Lipinski definition) is 2. The van der Waals surface area contributed by atoms with Gasteiger partial charge < -0.3 is 15.6 Å². The molecular weight excluding hydrogens is 469 g/mol. The second-order valence-corrected chi connectivity index (χ2v) is 10.2. The van der Waals surface area contributed by atoms with Gasteiger partial charge in [0.05, 0.1) is 4.90 Å². The zero-order valence-electron chi connectivity index (χ0n) is 18.2. The Bertz CT molecular complexity index is 1320. The lowest BCUT2D eigenvalue weighted by Gasteiger charge is -2.19. The second kappa shape index (κ2) is 9.36. The summed E-state index contributed by atoms with van der Waals surface area (Å²) < 4.78 is 41.1. The first-order chi connectivity index (χ1) is 15.4. The van der Waals surface area contributed by atoms with Crippen molar-refractivity contribution in [3.8, 4) is 0 Å². The number of nitrogens with zero attached hydrogens (tertiary/aromatic N) is 1. The van der Waals surface area contributed by atoms with Gasteiger partial charge in [0, 0.05) is 29.7 Å². The molecule has 1 aromatic heterocycles. The van der Waals surface area contributed by atoms with Gasteiger partial charge in [-0.25, -0.2) is 12.8 Å². The SMILES string of the molecule is CC(C)c1c(C(=O)N(C)Cc2ccc(Cl)cc2F)[nH]c(C(N)=O)c1S(=O)(=O)c1ccccc1. The smallest absolute Gasteiger partial charge is 0.270 e. The topological polar surface area (TPSA) is 113 Å². The van der Waals surface area contributed by atoms with Crippen molar-refractivity contribution in [2.75, 3.05) is 7.05 Å². The summed E-state index contributed by atoms with van der Waals surface area (Å²) in [6.45, 7) is 3.30. The van der Waals surface area contributed by atoms with Crippen LogP contribution in [0.4, 0.5) is 4.39 Å². The lowest BCUT2D eigenvalue weighted by atomic mass is 10.0. The minimum atomic E-state index is -4.18. The fourth-order valence-corrected chi connectivity index (χ4v) is 5.51. The minimum Gasteiger partial charge on any atom is -0.364 e. The third kappa shape index (κ3) is 4.79. The zero-order chi connectivity index (χ0) is 24.5. The number of rotatable bonds is 7. The molecule has 0 bridgehead atoms. The normalized spacial score (nSPS) is 11.6. The number of carbonyl (C=O) groups excluding carboxylic acids is 2. The predicted molar refractivity (Wildman–Crippen MR) is 123 cm³/mol. The molecular formula is C23H23ClFN3O4S. The quantitative estimate of drug-likeness (QED) is 0.517. The molecule has 0 unspecified atom stereocenters. The summed E-state index contributed by atoms with van der Waals surface area (Å²) in [6, 6.07) is 11.7. The number of amides is 2. The Labute approximate surface area is 196 Å². The molecule has 3 rings (SSSR count). The minimum absolute atomic E-state index is 0.0380. The lowest BCUT2D eigenvalue weighted by Crippen LogP contribution is -2.28. The van der Waals surface area contributed by atoms with Gasteiger partial charge in [0.1, 0.15) is 22.1 Å². The Morgan fingerprint density at radius 3 is 2.30 bits per heavy atom. The molecule has 0 aliphatic carbocycles. The largest absolute Gasteiger partial charge is 0.364 e. The van der Waals surface area contributed by atoms with Crippen LogP contribution in [0.15, 0.2) is 58.3 Å². The molecule has 0 spiro atoms. The zero-order valence-corrected chi connectivity index (χ0v) is 19.8. The number of nitrogens with two attached hydrogens (primary N) is 1. The third-order valence-electron chi connectivity index (χ3n) is 5.12. The van der Waals surface area contributed by atoms with Crippen molar-refractivity contribution in [3.05, 3.63) is 81.9 Å². The molecule has 0 aliphatic rings. The summed E-state index contributed by atoms with van der Waals surface area (Å²) in [5, 5.41) is 0.221. The van der Waals surface area contributed by atoms with E-state index in [0.717, 1.165) is 6.07 Å². The predicted octanol–water partition coefficient (Wildman–Crippen LogP) is 4.13. The molecule has 174 valence electrons. The van der Waals surface area contributed by atoms with Crippen molar-refractivity contribution in [1.29, 1.82) is 0 Å². The molecule has 3 N–H and O–H groups in total. The number of sulfone groups is 1. The van der Waals surface area contributed by atoms with Gasteiger partial charge in [0.2, 0.25) is 9.84 Å². The highest BCUT2D eigenvalue weighted by Gasteiger charge is 2.35. The van der Waals surface area contributed by atoms with Crippen molar-refractivity contribution in [2.45, 2.75) is 36.1 Å². The van der Waals surface area contributed by atoms with E-state index in [0.29, 0.717) is 0 Å². The highest BCUT2D eigenvalue weighted by molar-refractivity contribution is 7.91. The van der Waals surface area contributed by atoms with Crippen molar-refractivity contribution >= 4 is 33.3 Å². The number of H-pyrrole nitrogens is 1. The van der Waals surface area contributed by atoms with Gasteiger partial charge in [-0.1, -0.05) is 49.7 Å². The molecule has 0 fully saturated rings. The molecule has 0 radical (unpaired) electrons. The van der Waals surface area contributed by atoms with Crippen LogP contribution >= 0.6 is 11.6 Å². The maximum Gasteiger partial charge on any atom is 0.270 e. The van der Waals surface area contributed by atoms with Crippen molar-refractivity contribution in [1.82, 2.24) is 9.88 Å². The van der Waals surface area contributed by atoms with E-state index in [1.807, 2.05) is 0 Å². The first kappa shape index (κ1) is 24.5. The van der Waals surface area contributed by atoms with E-state index in [1.165, 1.54) is 36.2 Å². The van der Waals surface area contributed by atoms with Gasteiger partial charge in [-0.05, 0) is 30.2 Å². The Morgan fingerprint density at radius 1 is 1.12 bits per heavy atom. The summed E-state index contributed by atoms with van der Waals surface area (Å²) >= 11 is 5.78. The fourth-order valence-electron chi connectivity index (χ4n) is 3.56. The molecule has 3 aromatic rings. The van der Waals surface area contributed by atoms with E-state index in [4.69, 9.17) is 17.3 Å². The van der Waals surface area contributed by atoms with Crippen LogP contribution in [0, 0.1) is 5.82 Å². The molecule has 2 aromatic carbocycles. The van der Waals surface area contributed by atoms with E-state index in [9.17, 15) is 22.4 Å². The van der Waals surface area contributed by atoms with Gasteiger partial charge in [-0.2, -0.15) is 0 Å².